The third-order valence-corrected chi connectivity index (χ3v) is 2.89. The fourth-order valence-corrected chi connectivity index (χ4v) is 1.94. The number of hydrogen-bond donors (Lipinski definition) is 1. The molecule has 84 valence electrons. The number of nitrogens with zero attached hydrogens (tertiary/aromatic N) is 2. The standard InChI is InChI=1S/C11H11ClFN3/c1-6-9(11(14)15-16(6)2)10-7(12)4-3-5-8(10)13/h3-5H,1-2H3,(H2,14,15). The summed E-state index contributed by atoms with van der Waals surface area (Å²) in [6, 6.07) is 4.54. The molecule has 0 aliphatic carbocycles. The van der Waals surface area contributed by atoms with Crippen LogP contribution in [-0.2, 0) is 7.05 Å². The van der Waals surface area contributed by atoms with Gasteiger partial charge in [0, 0.05) is 18.3 Å². The topological polar surface area (TPSA) is 43.8 Å². The molecule has 2 aromatic rings. The van der Waals surface area contributed by atoms with Crippen molar-refractivity contribution in [3.63, 3.8) is 0 Å². The lowest BCUT2D eigenvalue weighted by Crippen LogP contribution is -1.93. The molecule has 0 fully saturated rings. The SMILES string of the molecule is Cc1c(-c2c(F)cccc2Cl)c(N)nn1C. The first kappa shape index (κ1) is 11.0. The van der Waals surface area contributed by atoms with E-state index in [0.717, 1.165) is 5.69 Å². The molecule has 0 saturated carbocycles. The van der Waals surface area contributed by atoms with Gasteiger partial charge in [0.1, 0.15) is 5.82 Å². The fourth-order valence-electron chi connectivity index (χ4n) is 1.68. The Balaban J connectivity index is 2.77. The van der Waals surface area contributed by atoms with Gasteiger partial charge in [-0.2, -0.15) is 5.10 Å². The first-order valence-electron chi connectivity index (χ1n) is 4.76. The second-order valence-corrected chi connectivity index (χ2v) is 3.97. The fraction of sp³-hybridized carbons (Fsp3) is 0.182. The van der Waals surface area contributed by atoms with Crippen LogP contribution in [0.2, 0.25) is 5.02 Å². The Morgan fingerprint density at radius 3 is 2.56 bits per heavy atom. The van der Waals surface area contributed by atoms with Gasteiger partial charge < -0.3 is 5.73 Å². The Bertz CT molecular complexity index is 528. The van der Waals surface area contributed by atoms with Gasteiger partial charge in [0.25, 0.3) is 0 Å². The van der Waals surface area contributed by atoms with Gasteiger partial charge in [-0.25, -0.2) is 4.39 Å². The summed E-state index contributed by atoms with van der Waals surface area (Å²) in [4.78, 5) is 0. The van der Waals surface area contributed by atoms with E-state index in [1.54, 1.807) is 23.9 Å². The lowest BCUT2D eigenvalue weighted by atomic mass is 10.1. The van der Waals surface area contributed by atoms with Crippen molar-refractivity contribution in [2.24, 2.45) is 7.05 Å². The highest BCUT2D eigenvalue weighted by molar-refractivity contribution is 6.33. The minimum atomic E-state index is -0.393. The van der Waals surface area contributed by atoms with Gasteiger partial charge in [0.05, 0.1) is 10.6 Å². The van der Waals surface area contributed by atoms with Gasteiger partial charge in [-0.1, -0.05) is 17.7 Å². The smallest absolute Gasteiger partial charge is 0.153 e. The number of hydrogen-bond acceptors (Lipinski definition) is 2. The Kier molecular flexibility index (Phi) is 2.59. The van der Waals surface area contributed by atoms with Crippen LogP contribution in [0.5, 0.6) is 0 Å². The van der Waals surface area contributed by atoms with Crippen molar-refractivity contribution < 1.29 is 4.39 Å². The van der Waals surface area contributed by atoms with Crippen molar-refractivity contribution in [1.82, 2.24) is 9.78 Å². The van der Waals surface area contributed by atoms with Crippen molar-refractivity contribution >= 4 is 17.4 Å². The second-order valence-electron chi connectivity index (χ2n) is 3.57. The van der Waals surface area contributed by atoms with E-state index >= 15 is 0 Å². The highest BCUT2D eigenvalue weighted by Gasteiger charge is 2.18. The highest BCUT2D eigenvalue weighted by Crippen LogP contribution is 2.35. The van der Waals surface area contributed by atoms with Gasteiger partial charge in [-0.3, -0.25) is 4.68 Å². The zero-order valence-corrected chi connectivity index (χ0v) is 9.72. The summed E-state index contributed by atoms with van der Waals surface area (Å²) >= 11 is 5.98. The van der Waals surface area contributed by atoms with Crippen LogP contribution >= 0.6 is 11.6 Å². The summed E-state index contributed by atoms with van der Waals surface area (Å²) in [5.41, 5.74) is 7.41. The molecule has 0 saturated heterocycles. The van der Waals surface area contributed by atoms with Gasteiger partial charge >= 0.3 is 0 Å². The molecule has 0 amide bonds. The monoisotopic (exact) mass is 239 g/mol. The van der Waals surface area contributed by atoms with Crippen molar-refractivity contribution in [2.45, 2.75) is 6.92 Å². The maximum Gasteiger partial charge on any atom is 0.153 e. The van der Waals surface area contributed by atoms with E-state index in [4.69, 9.17) is 17.3 Å². The highest BCUT2D eigenvalue weighted by atomic mass is 35.5. The van der Waals surface area contributed by atoms with Gasteiger partial charge in [-0.05, 0) is 19.1 Å². The maximum atomic E-state index is 13.7. The van der Waals surface area contributed by atoms with E-state index < -0.39 is 5.82 Å². The first-order chi connectivity index (χ1) is 7.52. The number of rotatable bonds is 1. The molecule has 0 spiro atoms. The van der Waals surface area contributed by atoms with E-state index in [-0.39, 0.29) is 5.82 Å². The molecule has 0 radical (unpaired) electrons. The molecule has 1 aromatic carbocycles. The minimum absolute atomic E-state index is 0.284. The number of halogens is 2. The van der Waals surface area contributed by atoms with Gasteiger partial charge in [0.2, 0.25) is 0 Å². The van der Waals surface area contributed by atoms with E-state index in [2.05, 4.69) is 5.10 Å². The summed E-state index contributed by atoms with van der Waals surface area (Å²) in [6.07, 6.45) is 0. The first-order valence-corrected chi connectivity index (χ1v) is 5.13. The van der Waals surface area contributed by atoms with Crippen LogP contribution < -0.4 is 5.73 Å². The number of benzene rings is 1. The van der Waals surface area contributed by atoms with Crippen LogP contribution in [0.4, 0.5) is 10.2 Å². The number of nitrogen functional groups attached to an aromatic ring is 1. The molecule has 0 unspecified atom stereocenters. The molecule has 2 N–H and O–H groups in total. The Morgan fingerprint density at radius 2 is 2.06 bits per heavy atom. The van der Waals surface area contributed by atoms with E-state index in [1.165, 1.54) is 6.07 Å². The maximum absolute atomic E-state index is 13.7. The quantitative estimate of drug-likeness (QED) is 0.832. The van der Waals surface area contributed by atoms with Crippen LogP contribution in [0.3, 0.4) is 0 Å². The molecule has 0 aliphatic heterocycles. The van der Waals surface area contributed by atoms with Crippen LogP contribution in [-0.4, -0.2) is 9.78 Å². The van der Waals surface area contributed by atoms with Crippen molar-refractivity contribution in [1.29, 1.82) is 0 Å². The molecule has 0 bridgehead atoms. The van der Waals surface area contributed by atoms with Crippen LogP contribution in [0.25, 0.3) is 11.1 Å². The summed E-state index contributed by atoms with van der Waals surface area (Å²) in [7, 11) is 1.75. The molecule has 0 aliphatic rings. The Hall–Kier alpha value is -1.55. The summed E-state index contributed by atoms with van der Waals surface area (Å²) in [5, 5.41) is 4.37. The number of aryl methyl sites for hydroxylation is 1. The number of anilines is 1. The largest absolute Gasteiger partial charge is 0.382 e. The predicted molar refractivity (Wildman–Crippen MR) is 62.8 cm³/mol. The third kappa shape index (κ3) is 1.55. The lowest BCUT2D eigenvalue weighted by molar-refractivity contribution is 0.631. The van der Waals surface area contributed by atoms with Gasteiger partial charge in [-0.15, -0.1) is 0 Å². The van der Waals surface area contributed by atoms with E-state index in [1.807, 2.05) is 6.92 Å². The number of aromatic nitrogens is 2. The Labute approximate surface area is 97.6 Å². The van der Waals surface area contributed by atoms with Gasteiger partial charge in [0.15, 0.2) is 5.82 Å². The minimum Gasteiger partial charge on any atom is -0.382 e. The summed E-state index contributed by atoms with van der Waals surface area (Å²) in [5.74, 6) is -0.109. The van der Waals surface area contributed by atoms with Crippen molar-refractivity contribution in [3.8, 4) is 11.1 Å². The molecular weight excluding hydrogens is 229 g/mol. The molecule has 16 heavy (non-hydrogen) atoms. The zero-order valence-electron chi connectivity index (χ0n) is 8.96. The van der Waals surface area contributed by atoms with Crippen LogP contribution in [0.15, 0.2) is 18.2 Å². The van der Waals surface area contributed by atoms with E-state index in [0.29, 0.717) is 16.1 Å². The predicted octanol–water partition coefficient (Wildman–Crippen LogP) is 2.77. The molecule has 0 atom stereocenters. The average Bonchev–Trinajstić information content (AvgIpc) is 2.44. The zero-order chi connectivity index (χ0) is 11.9. The van der Waals surface area contributed by atoms with Crippen LogP contribution in [0, 0.1) is 12.7 Å². The van der Waals surface area contributed by atoms with Crippen molar-refractivity contribution in [3.05, 3.63) is 34.7 Å². The summed E-state index contributed by atoms with van der Waals surface area (Å²) in [6.45, 7) is 1.82. The van der Waals surface area contributed by atoms with E-state index in [9.17, 15) is 4.39 Å². The molecule has 2 rings (SSSR count). The number of nitrogens with two attached hydrogens (primary N) is 1. The normalized spacial score (nSPS) is 10.8. The average molecular weight is 240 g/mol. The molecule has 1 aromatic heterocycles. The molecule has 3 nitrogen and oxygen atoms in total. The van der Waals surface area contributed by atoms with Crippen molar-refractivity contribution in [2.75, 3.05) is 5.73 Å². The summed E-state index contributed by atoms with van der Waals surface area (Å²) < 4.78 is 15.3. The Morgan fingerprint density at radius 1 is 1.38 bits per heavy atom. The second kappa shape index (κ2) is 3.79. The van der Waals surface area contributed by atoms with Crippen LogP contribution in [0.1, 0.15) is 5.69 Å². The molecular formula is C11H11ClFN3. The molecule has 5 heteroatoms. The third-order valence-electron chi connectivity index (χ3n) is 2.57. The lowest BCUT2D eigenvalue weighted by Gasteiger charge is -2.06. The molecule has 1 heterocycles.